The predicted octanol–water partition coefficient (Wildman–Crippen LogP) is 2.15. The lowest BCUT2D eigenvalue weighted by atomic mass is 10.1. The van der Waals surface area contributed by atoms with Gasteiger partial charge in [-0.05, 0) is 31.5 Å². The maximum atomic E-state index is 11.4. The van der Waals surface area contributed by atoms with Gasteiger partial charge in [-0.3, -0.25) is 5.32 Å². The van der Waals surface area contributed by atoms with Gasteiger partial charge in [0, 0.05) is 6.04 Å². The summed E-state index contributed by atoms with van der Waals surface area (Å²) in [4.78, 5) is 11.4. The predicted molar refractivity (Wildman–Crippen MR) is 67.6 cm³/mol. The van der Waals surface area contributed by atoms with Crippen LogP contribution in [0.15, 0.2) is 24.3 Å². The van der Waals surface area contributed by atoms with Crippen molar-refractivity contribution in [3.05, 3.63) is 35.4 Å². The van der Waals surface area contributed by atoms with E-state index in [0.29, 0.717) is 18.7 Å². The fourth-order valence-electron chi connectivity index (χ4n) is 1.45. The lowest BCUT2D eigenvalue weighted by Crippen LogP contribution is -2.18. The van der Waals surface area contributed by atoms with Crippen molar-refractivity contribution in [2.24, 2.45) is 0 Å². The highest BCUT2D eigenvalue weighted by atomic mass is 16.5. The molecular weight excluding hydrogens is 214 g/mol. The van der Waals surface area contributed by atoms with Crippen LogP contribution in [0.25, 0.3) is 0 Å². The highest BCUT2D eigenvalue weighted by molar-refractivity contribution is 5.89. The molecular formula is C14H17NO2. The molecule has 0 aliphatic carbocycles. The van der Waals surface area contributed by atoms with E-state index < -0.39 is 0 Å². The Bertz CT molecular complexity index is 403. The van der Waals surface area contributed by atoms with Crippen LogP contribution in [0.4, 0.5) is 0 Å². The zero-order chi connectivity index (χ0) is 12.7. The van der Waals surface area contributed by atoms with Crippen LogP contribution in [0.5, 0.6) is 0 Å². The molecule has 0 bridgehead atoms. The third-order valence-corrected chi connectivity index (χ3v) is 2.43. The minimum absolute atomic E-state index is 0.169. The monoisotopic (exact) mass is 231 g/mol. The topological polar surface area (TPSA) is 38.3 Å². The van der Waals surface area contributed by atoms with Gasteiger partial charge in [0.05, 0.1) is 18.7 Å². The van der Waals surface area contributed by atoms with Crippen LogP contribution in [-0.4, -0.2) is 19.1 Å². The minimum Gasteiger partial charge on any atom is -0.462 e. The minimum atomic E-state index is -0.289. The number of hydrogen-bond acceptors (Lipinski definition) is 3. The molecule has 0 spiro atoms. The number of ether oxygens (including phenoxy) is 1. The van der Waals surface area contributed by atoms with Crippen LogP contribution in [0.1, 0.15) is 35.8 Å². The molecule has 1 rings (SSSR count). The van der Waals surface area contributed by atoms with E-state index in [1.807, 2.05) is 19.1 Å². The average Bonchev–Trinajstić information content (AvgIpc) is 2.36. The Hall–Kier alpha value is -1.79. The molecule has 1 atom stereocenters. The fraction of sp³-hybridized carbons (Fsp3) is 0.357. The van der Waals surface area contributed by atoms with Crippen molar-refractivity contribution in [3.8, 4) is 12.3 Å². The molecule has 0 saturated heterocycles. The van der Waals surface area contributed by atoms with Gasteiger partial charge in [-0.15, -0.1) is 6.42 Å². The number of hydrogen-bond donors (Lipinski definition) is 1. The number of benzene rings is 1. The molecule has 0 saturated carbocycles. The Labute approximate surface area is 102 Å². The average molecular weight is 231 g/mol. The SMILES string of the molecule is C#CCNC(C)c1ccc(C(=O)OCC)cc1. The van der Waals surface area contributed by atoms with Crippen LogP contribution in [-0.2, 0) is 4.74 Å². The molecule has 90 valence electrons. The van der Waals surface area contributed by atoms with Crippen LogP contribution in [0, 0.1) is 12.3 Å². The third kappa shape index (κ3) is 3.93. The summed E-state index contributed by atoms with van der Waals surface area (Å²) >= 11 is 0. The molecule has 1 unspecified atom stereocenters. The van der Waals surface area contributed by atoms with Crippen LogP contribution in [0.2, 0.25) is 0 Å². The van der Waals surface area contributed by atoms with E-state index in [1.165, 1.54) is 0 Å². The zero-order valence-corrected chi connectivity index (χ0v) is 10.2. The molecule has 3 heteroatoms. The summed E-state index contributed by atoms with van der Waals surface area (Å²) in [6, 6.07) is 7.51. The molecule has 0 radical (unpaired) electrons. The third-order valence-electron chi connectivity index (χ3n) is 2.43. The van der Waals surface area contributed by atoms with Crippen molar-refractivity contribution >= 4 is 5.97 Å². The Morgan fingerprint density at radius 3 is 2.65 bits per heavy atom. The quantitative estimate of drug-likeness (QED) is 0.623. The molecule has 0 amide bonds. The highest BCUT2D eigenvalue weighted by Crippen LogP contribution is 2.13. The summed E-state index contributed by atoms with van der Waals surface area (Å²) in [5.74, 6) is 2.24. The molecule has 0 aromatic heterocycles. The van der Waals surface area contributed by atoms with Gasteiger partial charge in [-0.1, -0.05) is 18.1 Å². The first-order valence-corrected chi connectivity index (χ1v) is 5.63. The Kier molecular flexibility index (Phi) is 5.25. The van der Waals surface area contributed by atoms with E-state index in [0.717, 1.165) is 5.56 Å². The number of carbonyl (C=O) groups excluding carboxylic acids is 1. The largest absolute Gasteiger partial charge is 0.462 e. The Morgan fingerprint density at radius 2 is 2.12 bits per heavy atom. The van der Waals surface area contributed by atoms with E-state index >= 15 is 0 Å². The van der Waals surface area contributed by atoms with Crippen molar-refractivity contribution in [1.29, 1.82) is 0 Å². The van der Waals surface area contributed by atoms with E-state index in [9.17, 15) is 4.79 Å². The smallest absolute Gasteiger partial charge is 0.338 e. The molecule has 1 N–H and O–H groups in total. The van der Waals surface area contributed by atoms with Gasteiger partial charge in [0.15, 0.2) is 0 Å². The Balaban J connectivity index is 2.67. The molecule has 0 aliphatic heterocycles. The summed E-state index contributed by atoms with van der Waals surface area (Å²) in [6.07, 6.45) is 5.18. The summed E-state index contributed by atoms with van der Waals surface area (Å²) in [6.45, 7) is 4.73. The van der Waals surface area contributed by atoms with Gasteiger partial charge in [0.1, 0.15) is 0 Å². The van der Waals surface area contributed by atoms with E-state index in [1.54, 1.807) is 19.1 Å². The first kappa shape index (κ1) is 13.3. The molecule has 1 aromatic carbocycles. The van der Waals surface area contributed by atoms with Crippen molar-refractivity contribution in [3.63, 3.8) is 0 Å². The van der Waals surface area contributed by atoms with Crippen molar-refractivity contribution in [2.75, 3.05) is 13.2 Å². The summed E-state index contributed by atoms with van der Waals surface area (Å²) in [5.41, 5.74) is 1.66. The van der Waals surface area contributed by atoms with E-state index in [-0.39, 0.29) is 12.0 Å². The van der Waals surface area contributed by atoms with Gasteiger partial charge < -0.3 is 4.74 Å². The molecule has 0 heterocycles. The maximum absolute atomic E-state index is 11.4. The fourth-order valence-corrected chi connectivity index (χ4v) is 1.45. The standard InChI is InChI=1S/C14H17NO2/c1-4-10-15-11(3)12-6-8-13(9-7-12)14(16)17-5-2/h1,6-9,11,15H,5,10H2,2-3H3. The number of nitrogens with one attached hydrogen (secondary N) is 1. The summed E-state index contributed by atoms with van der Waals surface area (Å²) in [7, 11) is 0. The first-order valence-electron chi connectivity index (χ1n) is 5.63. The van der Waals surface area contributed by atoms with Crippen LogP contribution < -0.4 is 5.32 Å². The zero-order valence-electron chi connectivity index (χ0n) is 10.2. The lowest BCUT2D eigenvalue weighted by Gasteiger charge is -2.12. The van der Waals surface area contributed by atoms with E-state index in [2.05, 4.69) is 11.2 Å². The number of rotatable bonds is 5. The normalized spacial score (nSPS) is 11.6. The summed E-state index contributed by atoms with van der Waals surface area (Å²) < 4.78 is 4.91. The van der Waals surface area contributed by atoms with Gasteiger partial charge in [0.2, 0.25) is 0 Å². The second kappa shape index (κ2) is 6.72. The van der Waals surface area contributed by atoms with Gasteiger partial charge in [-0.2, -0.15) is 0 Å². The highest BCUT2D eigenvalue weighted by Gasteiger charge is 2.08. The molecule has 0 aliphatic rings. The second-order valence-electron chi connectivity index (χ2n) is 3.65. The van der Waals surface area contributed by atoms with Crippen molar-refractivity contribution in [2.45, 2.75) is 19.9 Å². The molecule has 0 fully saturated rings. The first-order chi connectivity index (χ1) is 8.19. The second-order valence-corrected chi connectivity index (χ2v) is 3.65. The number of carbonyl (C=O) groups is 1. The summed E-state index contributed by atoms with van der Waals surface area (Å²) in [5, 5.41) is 3.17. The van der Waals surface area contributed by atoms with Crippen molar-refractivity contribution < 1.29 is 9.53 Å². The van der Waals surface area contributed by atoms with Crippen LogP contribution >= 0.6 is 0 Å². The number of esters is 1. The van der Waals surface area contributed by atoms with Crippen LogP contribution in [0.3, 0.4) is 0 Å². The number of terminal acetylenes is 1. The Morgan fingerprint density at radius 1 is 1.47 bits per heavy atom. The lowest BCUT2D eigenvalue weighted by molar-refractivity contribution is 0.0526. The van der Waals surface area contributed by atoms with Gasteiger partial charge in [0.25, 0.3) is 0 Å². The van der Waals surface area contributed by atoms with Crippen molar-refractivity contribution in [1.82, 2.24) is 5.32 Å². The van der Waals surface area contributed by atoms with Gasteiger partial charge in [-0.25, -0.2) is 4.79 Å². The van der Waals surface area contributed by atoms with E-state index in [4.69, 9.17) is 11.2 Å². The molecule has 3 nitrogen and oxygen atoms in total. The maximum Gasteiger partial charge on any atom is 0.338 e. The molecule has 17 heavy (non-hydrogen) atoms. The van der Waals surface area contributed by atoms with Gasteiger partial charge >= 0.3 is 5.97 Å². The molecule has 1 aromatic rings.